The van der Waals surface area contributed by atoms with Gasteiger partial charge in [0.05, 0.1) is 22.1 Å². The fraction of sp³-hybridized carbons (Fsp3) is 0.529. The van der Waals surface area contributed by atoms with E-state index in [0.29, 0.717) is 30.8 Å². The molecule has 142 valence electrons. The normalized spacial score (nSPS) is 24.7. The van der Waals surface area contributed by atoms with Crippen LogP contribution < -0.4 is 0 Å². The van der Waals surface area contributed by atoms with E-state index in [-0.39, 0.29) is 39.9 Å². The summed E-state index contributed by atoms with van der Waals surface area (Å²) in [4.78, 5) is 28.8. The third-order valence-electron chi connectivity index (χ3n) is 5.06. The van der Waals surface area contributed by atoms with E-state index in [1.807, 2.05) is 0 Å². The Balaban J connectivity index is 1.78. The van der Waals surface area contributed by atoms with Gasteiger partial charge in [0.25, 0.3) is 5.91 Å². The number of nitrogens with zero attached hydrogens (tertiary/aromatic N) is 2. The number of halogens is 2. The van der Waals surface area contributed by atoms with Crippen LogP contribution in [0.5, 0.6) is 0 Å². The van der Waals surface area contributed by atoms with Crippen molar-refractivity contribution in [3.8, 4) is 0 Å². The summed E-state index contributed by atoms with van der Waals surface area (Å²) in [5, 5.41) is 0.681. The smallest absolute Gasteiger partial charge is 0.256 e. The van der Waals surface area contributed by atoms with Gasteiger partial charge in [-0.1, -0.05) is 23.2 Å². The molecule has 26 heavy (non-hydrogen) atoms. The number of likely N-dealkylation sites (N-methyl/N-ethyl adjacent to an activating group) is 1. The maximum Gasteiger partial charge on any atom is 0.256 e. The van der Waals surface area contributed by atoms with E-state index < -0.39 is 15.9 Å². The van der Waals surface area contributed by atoms with Crippen LogP contribution in [0.1, 0.15) is 29.6 Å². The number of amides is 2. The van der Waals surface area contributed by atoms with Crippen LogP contribution in [-0.4, -0.2) is 67.2 Å². The largest absolute Gasteiger partial charge is 0.340 e. The quantitative estimate of drug-likeness (QED) is 0.753. The van der Waals surface area contributed by atoms with Crippen LogP contribution in [0, 0.1) is 0 Å². The van der Waals surface area contributed by atoms with Gasteiger partial charge >= 0.3 is 0 Å². The van der Waals surface area contributed by atoms with Crippen molar-refractivity contribution in [3.05, 3.63) is 33.8 Å². The van der Waals surface area contributed by atoms with Crippen molar-refractivity contribution >= 4 is 44.9 Å². The third-order valence-corrected chi connectivity index (χ3v) is 7.38. The van der Waals surface area contributed by atoms with Crippen LogP contribution in [0.3, 0.4) is 0 Å². The van der Waals surface area contributed by atoms with Crippen LogP contribution in [0.2, 0.25) is 10.0 Å². The Bertz CT molecular complexity index is 843. The number of likely N-dealkylation sites (tertiary alicyclic amines) is 1. The summed E-state index contributed by atoms with van der Waals surface area (Å²) < 4.78 is 23.4. The molecule has 2 saturated heterocycles. The molecule has 2 aliphatic rings. The highest BCUT2D eigenvalue weighted by Crippen LogP contribution is 2.28. The van der Waals surface area contributed by atoms with E-state index in [2.05, 4.69) is 0 Å². The van der Waals surface area contributed by atoms with Crippen LogP contribution in [0.4, 0.5) is 0 Å². The molecule has 1 aromatic rings. The molecule has 3 rings (SSSR count). The lowest BCUT2D eigenvalue weighted by atomic mass is 10.1. The number of carbonyl (C=O) groups is 2. The number of rotatable bonds is 3. The Labute approximate surface area is 163 Å². The first-order chi connectivity index (χ1) is 12.2. The molecule has 2 fully saturated rings. The molecule has 0 N–H and O–H groups in total. The van der Waals surface area contributed by atoms with Crippen molar-refractivity contribution in [1.82, 2.24) is 9.80 Å². The molecule has 6 nitrogen and oxygen atoms in total. The Morgan fingerprint density at radius 3 is 2.62 bits per heavy atom. The average molecular weight is 419 g/mol. The van der Waals surface area contributed by atoms with Gasteiger partial charge in [0.2, 0.25) is 5.91 Å². The minimum atomic E-state index is -3.09. The van der Waals surface area contributed by atoms with Crippen LogP contribution in [0.25, 0.3) is 0 Å². The van der Waals surface area contributed by atoms with Gasteiger partial charge in [-0.15, -0.1) is 0 Å². The van der Waals surface area contributed by atoms with Crippen molar-refractivity contribution in [2.45, 2.75) is 31.3 Å². The van der Waals surface area contributed by atoms with Crippen LogP contribution in [-0.2, 0) is 14.6 Å². The molecule has 0 saturated carbocycles. The van der Waals surface area contributed by atoms with E-state index in [1.54, 1.807) is 19.2 Å². The minimum Gasteiger partial charge on any atom is -0.340 e. The summed E-state index contributed by atoms with van der Waals surface area (Å²) in [5.41, 5.74) is 0.268. The lowest BCUT2D eigenvalue weighted by Gasteiger charge is -2.31. The van der Waals surface area contributed by atoms with E-state index in [1.165, 1.54) is 15.9 Å². The minimum absolute atomic E-state index is 0.0178. The first-order valence-electron chi connectivity index (χ1n) is 8.43. The SMILES string of the molecule is CN(C(=O)[C@H]1CCCN1C(=O)c1cc(Cl)ccc1Cl)[C@@H]1CCS(=O)(=O)C1. The van der Waals surface area contributed by atoms with Gasteiger partial charge in [-0.05, 0) is 37.5 Å². The van der Waals surface area contributed by atoms with Crippen LogP contribution in [0.15, 0.2) is 18.2 Å². The topological polar surface area (TPSA) is 74.8 Å². The maximum absolute atomic E-state index is 12.9. The molecule has 1 aromatic carbocycles. The molecular formula is C17H20Cl2N2O4S. The summed E-state index contributed by atoms with van der Waals surface area (Å²) >= 11 is 12.1. The van der Waals surface area contributed by atoms with E-state index >= 15 is 0 Å². The van der Waals surface area contributed by atoms with Crippen molar-refractivity contribution in [2.75, 3.05) is 25.1 Å². The number of benzene rings is 1. The first-order valence-corrected chi connectivity index (χ1v) is 11.0. The van der Waals surface area contributed by atoms with Gasteiger partial charge in [-0.25, -0.2) is 8.42 Å². The lowest BCUT2D eigenvalue weighted by Crippen LogP contribution is -2.50. The van der Waals surface area contributed by atoms with Gasteiger partial charge in [-0.2, -0.15) is 0 Å². The molecule has 0 aliphatic carbocycles. The predicted molar refractivity (Wildman–Crippen MR) is 100 cm³/mol. The number of hydrogen-bond acceptors (Lipinski definition) is 4. The van der Waals surface area contributed by atoms with Crippen molar-refractivity contribution < 1.29 is 18.0 Å². The molecule has 2 amide bonds. The molecule has 0 bridgehead atoms. The zero-order valence-electron chi connectivity index (χ0n) is 14.3. The Hall–Kier alpha value is -1.31. The van der Waals surface area contributed by atoms with E-state index in [0.717, 1.165) is 0 Å². The summed E-state index contributed by atoms with van der Waals surface area (Å²) in [6, 6.07) is 3.71. The van der Waals surface area contributed by atoms with E-state index in [4.69, 9.17) is 23.2 Å². The average Bonchev–Trinajstić information content (AvgIpc) is 3.21. The standard InChI is InChI=1S/C17H20Cl2N2O4S/c1-20(12-6-8-26(24,25)10-12)17(23)15-3-2-7-21(15)16(22)13-9-11(18)4-5-14(13)19/h4-5,9,12,15H,2-3,6-8,10H2,1H3/t12-,15-/m1/s1. The van der Waals surface area contributed by atoms with Gasteiger partial charge in [-0.3, -0.25) is 9.59 Å². The molecule has 0 unspecified atom stereocenters. The molecule has 2 aliphatic heterocycles. The monoisotopic (exact) mass is 418 g/mol. The first kappa shape index (κ1) is 19.5. The third kappa shape index (κ3) is 3.85. The van der Waals surface area contributed by atoms with Crippen molar-refractivity contribution in [2.24, 2.45) is 0 Å². The van der Waals surface area contributed by atoms with Crippen LogP contribution >= 0.6 is 23.2 Å². The molecular weight excluding hydrogens is 399 g/mol. The highest BCUT2D eigenvalue weighted by Gasteiger charge is 2.40. The Kier molecular flexibility index (Phi) is 5.51. The number of hydrogen-bond donors (Lipinski definition) is 0. The summed E-state index contributed by atoms with van der Waals surface area (Å²) in [6.07, 6.45) is 1.69. The van der Waals surface area contributed by atoms with Gasteiger partial charge in [0, 0.05) is 24.7 Å². The summed E-state index contributed by atoms with van der Waals surface area (Å²) in [5.74, 6) is -0.478. The lowest BCUT2D eigenvalue weighted by molar-refractivity contribution is -0.135. The molecule has 0 spiro atoms. The fourth-order valence-electron chi connectivity index (χ4n) is 3.58. The van der Waals surface area contributed by atoms with Crippen molar-refractivity contribution in [3.63, 3.8) is 0 Å². The van der Waals surface area contributed by atoms with Gasteiger partial charge < -0.3 is 9.80 Å². The second kappa shape index (κ2) is 7.37. The fourth-order valence-corrected chi connectivity index (χ4v) is 5.72. The van der Waals surface area contributed by atoms with Gasteiger partial charge in [0.15, 0.2) is 9.84 Å². The molecule has 0 radical (unpaired) electrons. The van der Waals surface area contributed by atoms with Gasteiger partial charge in [0.1, 0.15) is 6.04 Å². The summed E-state index contributed by atoms with van der Waals surface area (Å²) in [6.45, 7) is 0.453. The zero-order valence-corrected chi connectivity index (χ0v) is 16.6. The second-order valence-corrected chi connectivity index (χ2v) is 9.86. The second-order valence-electron chi connectivity index (χ2n) is 6.79. The Morgan fingerprint density at radius 2 is 1.96 bits per heavy atom. The number of sulfone groups is 1. The van der Waals surface area contributed by atoms with Crippen molar-refractivity contribution in [1.29, 1.82) is 0 Å². The molecule has 0 aromatic heterocycles. The molecule has 9 heteroatoms. The Morgan fingerprint density at radius 1 is 1.23 bits per heavy atom. The molecule has 2 heterocycles. The van der Waals surface area contributed by atoms with E-state index in [9.17, 15) is 18.0 Å². The zero-order chi connectivity index (χ0) is 19.1. The predicted octanol–water partition coefficient (Wildman–Crippen LogP) is 2.24. The summed E-state index contributed by atoms with van der Waals surface area (Å²) in [7, 11) is -1.48. The highest BCUT2D eigenvalue weighted by molar-refractivity contribution is 7.91. The highest BCUT2D eigenvalue weighted by atomic mass is 35.5. The molecule has 2 atom stereocenters. The maximum atomic E-state index is 12.9. The number of carbonyl (C=O) groups excluding carboxylic acids is 2.